The molecule has 1 aliphatic heterocycles. The first-order valence-electron chi connectivity index (χ1n) is 5.73. The zero-order valence-corrected chi connectivity index (χ0v) is 9.85. The van der Waals surface area contributed by atoms with Gasteiger partial charge in [0, 0.05) is 12.7 Å². The van der Waals surface area contributed by atoms with Gasteiger partial charge >= 0.3 is 0 Å². The molecule has 16 heavy (non-hydrogen) atoms. The van der Waals surface area contributed by atoms with Crippen LogP contribution in [-0.2, 0) is 0 Å². The summed E-state index contributed by atoms with van der Waals surface area (Å²) in [7, 11) is 0. The summed E-state index contributed by atoms with van der Waals surface area (Å²) in [5.74, 6) is 1.31. The molecule has 0 radical (unpaired) electrons. The summed E-state index contributed by atoms with van der Waals surface area (Å²) < 4.78 is 0. The summed E-state index contributed by atoms with van der Waals surface area (Å²) in [5, 5.41) is 9.42. The Labute approximate surface area is 96.1 Å². The molecule has 4 heteroatoms. The molecule has 1 aliphatic rings. The van der Waals surface area contributed by atoms with Gasteiger partial charge in [0.2, 0.25) is 0 Å². The predicted molar refractivity (Wildman–Crippen MR) is 65.4 cm³/mol. The van der Waals surface area contributed by atoms with Crippen molar-refractivity contribution in [3.8, 4) is 0 Å². The van der Waals surface area contributed by atoms with Gasteiger partial charge in [0.05, 0.1) is 18.3 Å². The van der Waals surface area contributed by atoms with Crippen LogP contribution in [0.5, 0.6) is 0 Å². The van der Waals surface area contributed by atoms with E-state index in [4.69, 9.17) is 5.73 Å². The Hall–Kier alpha value is -1.29. The number of aromatic nitrogens is 1. The van der Waals surface area contributed by atoms with Gasteiger partial charge in [-0.2, -0.15) is 0 Å². The summed E-state index contributed by atoms with van der Waals surface area (Å²) in [4.78, 5) is 6.48. The first-order chi connectivity index (χ1) is 7.65. The van der Waals surface area contributed by atoms with Gasteiger partial charge in [0.15, 0.2) is 5.82 Å². The maximum atomic E-state index is 9.42. The van der Waals surface area contributed by atoms with Crippen molar-refractivity contribution in [2.45, 2.75) is 26.3 Å². The number of nitrogens with two attached hydrogens (primary N) is 1. The van der Waals surface area contributed by atoms with Crippen LogP contribution in [0.2, 0.25) is 0 Å². The van der Waals surface area contributed by atoms with E-state index in [2.05, 4.69) is 16.8 Å². The van der Waals surface area contributed by atoms with Crippen molar-refractivity contribution in [1.29, 1.82) is 0 Å². The predicted octanol–water partition coefficient (Wildman–Crippen LogP) is 1.18. The minimum Gasteiger partial charge on any atom is -0.396 e. The van der Waals surface area contributed by atoms with Gasteiger partial charge in [-0.25, -0.2) is 4.98 Å². The molecule has 1 aromatic heterocycles. The van der Waals surface area contributed by atoms with Crippen molar-refractivity contribution < 1.29 is 5.11 Å². The van der Waals surface area contributed by atoms with E-state index < -0.39 is 0 Å². The minimum absolute atomic E-state index is 0.150. The van der Waals surface area contributed by atoms with Crippen molar-refractivity contribution >= 4 is 11.5 Å². The number of nitrogen functional groups attached to an aromatic ring is 1. The van der Waals surface area contributed by atoms with E-state index in [0.29, 0.717) is 5.92 Å². The summed E-state index contributed by atoms with van der Waals surface area (Å²) in [6.07, 6.45) is 2.86. The standard InChI is InChI=1S/C12H19N3O/c1-8-4-6-15(10(8)7-16)12-11(13)9(2)3-5-14-12/h3,5,8,10,16H,4,6-7,13H2,1-2H3. The summed E-state index contributed by atoms with van der Waals surface area (Å²) >= 11 is 0. The van der Waals surface area contributed by atoms with Crippen LogP contribution in [0.3, 0.4) is 0 Å². The molecule has 1 aromatic rings. The fourth-order valence-electron chi connectivity index (χ4n) is 2.33. The molecule has 0 spiro atoms. The van der Waals surface area contributed by atoms with Crippen LogP contribution in [0.25, 0.3) is 0 Å². The summed E-state index contributed by atoms with van der Waals surface area (Å²) in [6, 6.07) is 2.06. The lowest BCUT2D eigenvalue weighted by molar-refractivity contribution is 0.244. The first-order valence-corrected chi connectivity index (χ1v) is 5.73. The number of pyridine rings is 1. The van der Waals surface area contributed by atoms with Gasteiger partial charge in [-0.05, 0) is 30.9 Å². The second-order valence-corrected chi connectivity index (χ2v) is 4.57. The van der Waals surface area contributed by atoms with Crippen LogP contribution in [0, 0.1) is 12.8 Å². The molecule has 2 atom stereocenters. The Bertz CT molecular complexity index is 381. The third kappa shape index (κ3) is 1.73. The fraction of sp³-hybridized carbons (Fsp3) is 0.583. The average molecular weight is 221 g/mol. The molecule has 0 aliphatic carbocycles. The van der Waals surface area contributed by atoms with Crippen LogP contribution in [-0.4, -0.2) is 29.3 Å². The Morgan fingerprint density at radius 1 is 1.62 bits per heavy atom. The number of rotatable bonds is 2. The van der Waals surface area contributed by atoms with Crippen LogP contribution in [0.4, 0.5) is 11.5 Å². The maximum absolute atomic E-state index is 9.42. The maximum Gasteiger partial charge on any atom is 0.152 e. The number of aliphatic hydroxyl groups is 1. The zero-order valence-electron chi connectivity index (χ0n) is 9.85. The first kappa shape index (κ1) is 11.2. The van der Waals surface area contributed by atoms with Gasteiger partial charge in [0.25, 0.3) is 0 Å². The summed E-state index contributed by atoms with van der Waals surface area (Å²) in [6.45, 7) is 5.23. The van der Waals surface area contributed by atoms with E-state index >= 15 is 0 Å². The third-order valence-corrected chi connectivity index (χ3v) is 3.53. The van der Waals surface area contributed by atoms with E-state index in [1.54, 1.807) is 6.20 Å². The molecular weight excluding hydrogens is 202 g/mol. The summed E-state index contributed by atoms with van der Waals surface area (Å²) in [5.41, 5.74) is 7.81. The lowest BCUT2D eigenvalue weighted by Gasteiger charge is -2.27. The molecule has 2 unspecified atom stereocenters. The molecule has 2 heterocycles. The van der Waals surface area contributed by atoms with Crippen LogP contribution in [0.1, 0.15) is 18.9 Å². The van der Waals surface area contributed by atoms with Crippen molar-refractivity contribution in [3.63, 3.8) is 0 Å². The Balaban J connectivity index is 2.34. The highest BCUT2D eigenvalue weighted by Crippen LogP contribution is 2.32. The van der Waals surface area contributed by atoms with Crippen LogP contribution >= 0.6 is 0 Å². The van der Waals surface area contributed by atoms with Gasteiger partial charge < -0.3 is 15.7 Å². The van der Waals surface area contributed by atoms with Gasteiger partial charge in [-0.15, -0.1) is 0 Å². The fourth-order valence-corrected chi connectivity index (χ4v) is 2.33. The molecule has 1 fully saturated rings. The molecule has 0 aromatic carbocycles. The molecule has 0 saturated carbocycles. The van der Waals surface area contributed by atoms with Crippen LogP contribution in [0.15, 0.2) is 12.3 Å². The number of hydrogen-bond donors (Lipinski definition) is 2. The third-order valence-electron chi connectivity index (χ3n) is 3.53. The number of nitrogens with zero attached hydrogens (tertiary/aromatic N) is 2. The Morgan fingerprint density at radius 3 is 3.06 bits per heavy atom. The Morgan fingerprint density at radius 2 is 2.38 bits per heavy atom. The highest BCUT2D eigenvalue weighted by Gasteiger charge is 2.32. The van der Waals surface area contributed by atoms with Crippen molar-refractivity contribution in [3.05, 3.63) is 17.8 Å². The van der Waals surface area contributed by atoms with Gasteiger partial charge in [0.1, 0.15) is 0 Å². The molecule has 0 bridgehead atoms. The minimum atomic E-state index is 0.150. The van der Waals surface area contributed by atoms with Crippen LogP contribution < -0.4 is 10.6 Å². The lowest BCUT2D eigenvalue weighted by Crippen LogP contribution is -2.36. The van der Waals surface area contributed by atoms with E-state index in [0.717, 1.165) is 30.0 Å². The zero-order chi connectivity index (χ0) is 11.7. The second kappa shape index (κ2) is 4.29. The van der Waals surface area contributed by atoms with Gasteiger partial charge in [-0.1, -0.05) is 6.92 Å². The monoisotopic (exact) mass is 221 g/mol. The number of hydrogen-bond acceptors (Lipinski definition) is 4. The number of aliphatic hydroxyl groups excluding tert-OH is 1. The molecule has 0 amide bonds. The SMILES string of the molecule is Cc1ccnc(N2CCC(C)C2CO)c1N. The second-order valence-electron chi connectivity index (χ2n) is 4.57. The Kier molecular flexibility index (Phi) is 3.01. The highest BCUT2D eigenvalue weighted by molar-refractivity contribution is 5.67. The largest absolute Gasteiger partial charge is 0.396 e. The lowest BCUT2D eigenvalue weighted by atomic mass is 10.0. The van der Waals surface area contributed by atoms with E-state index in [1.165, 1.54) is 0 Å². The number of anilines is 2. The van der Waals surface area contributed by atoms with E-state index in [-0.39, 0.29) is 12.6 Å². The van der Waals surface area contributed by atoms with E-state index in [9.17, 15) is 5.11 Å². The van der Waals surface area contributed by atoms with Crippen molar-refractivity contribution in [2.24, 2.45) is 5.92 Å². The smallest absolute Gasteiger partial charge is 0.152 e. The number of aryl methyl sites for hydroxylation is 1. The van der Waals surface area contributed by atoms with Gasteiger partial charge in [-0.3, -0.25) is 0 Å². The molecular formula is C12H19N3O. The average Bonchev–Trinajstić information content (AvgIpc) is 2.63. The normalized spacial score (nSPS) is 25.1. The topological polar surface area (TPSA) is 62.4 Å². The molecule has 2 rings (SSSR count). The van der Waals surface area contributed by atoms with Crippen molar-refractivity contribution in [1.82, 2.24) is 4.98 Å². The van der Waals surface area contributed by atoms with E-state index in [1.807, 2.05) is 13.0 Å². The molecule has 4 nitrogen and oxygen atoms in total. The quantitative estimate of drug-likeness (QED) is 0.787. The molecule has 88 valence electrons. The molecule has 1 saturated heterocycles. The molecule has 3 N–H and O–H groups in total. The highest BCUT2D eigenvalue weighted by atomic mass is 16.3. The van der Waals surface area contributed by atoms with Crippen molar-refractivity contribution in [2.75, 3.05) is 23.8 Å².